The monoisotopic (exact) mass is 515 g/mol. The minimum Gasteiger partial charge on any atom is -0.483 e. The van der Waals surface area contributed by atoms with Crippen molar-refractivity contribution in [3.63, 3.8) is 0 Å². The normalized spacial score (nSPS) is 11.4. The van der Waals surface area contributed by atoms with Gasteiger partial charge in [-0.25, -0.2) is 8.42 Å². The molecule has 5 nitrogen and oxygen atoms in total. The lowest BCUT2D eigenvalue weighted by Gasteiger charge is -2.25. The van der Waals surface area contributed by atoms with Crippen LogP contribution in [0.2, 0.25) is 0 Å². The number of carbonyl (C=O) groups is 1. The molecule has 0 aliphatic heterocycles. The standard InChI is InChI=1S/C25H26BrNO4S/c1-17(2)22-15-20(26)12-13-24(22)31-16-25(28)27(23-14-18(3)10-11-19(23)4)32(29,30)21-8-6-5-7-9-21/h5-15,17H,16H2,1-4H3. The summed E-state index contributed by atoms with van der Waals surface area (Å²) in [5.74, 6) is 0.0514. The van der Waals surface area contributed by atoms with Gasteiger partial charge in [0.15, 0.2) is 6.61 Å². The van der Waals surface area contributed by atoms with Crippen molar-refractivity contribution in [2.75, 3.05) is 10.9 Å². The van der Waals surface area contributed by atoms with Crippen LogP contribution in [0.5, 0.6) is 5.75 Å². The fraction of sp³-hybridized carbons (Fsp3) is 0.240. The number of hydrogen-bond acceptors (Lipinski definition) is 4. The molecule has 3 aromatic rings. The van der Waals surface area contributed by atoms with Gasteiger partial charge in [0.25, 0.3) is 15.9 Å². The number of ether oxygens (including phenoxy) is 1. The second kappa shape index (κ2) is 9.88. The van der Waals surface area contributed by atoms with Gasteiger partial charge in [0.2, 0.25) is 0 Å². The number of sulfonamides is 1. The second-order valence-corrected chi connectivity index (χ2v) is 10.6. The van der Waals surface area contributed by atoms with Crippen LogP contribution in [-0.2, 0) is 14.8 Å². The summed E-state index contributed by atoms with van der Waals surface area (Å²) in [6, 6.07) is 18.9. The Bertz CT molecular complexity index is 1220. The van der Waals surface area contributed by atoms with Crippen LogP contribution in [0.1, 0.15) is 36.5 Å². The molecule has 0 aliphatic rings. The lowest BCUT2D eigenvalue weighted by Crippen LogP contribution is -2.40. The van der Waals surface area contributed by atoms with E-state index in [9.17, 15) is 13.2 Å². The SMILES string of the molecule is Cc1ccc(C)c(N(C(=O)COc2ccc(Br)cc2C(C)C)S(=O)(=O)c2ccccc2)c1. The first kappa shape index (κ1) is 24.0. The van der Waals surface area contributed by atoms with Crippen molar-refractivity contribution < 1.29 is 17.9 Å². The fourth-order valence-electron chi connectivity index (χ4n) is 3.33. The Balaban J connectivity index is 2.01. The van der Waals surface area contributed by atoms with Crippen molar-refractivity contribution in [1.29, 1.82) is 0 Å². The molecule has 3 rings (SSSR count). The van der Waals surface area contributed by atoms with Crippen molar-refractivity contribution >= 4 is 37.5 Å². The highest BCUT2D eigenvalue weighted by Crippen LogP contribution is 2.31. The smallest absolute Gasteiger partial charge is 0.278 e. The Hall–Kier alpha value is -2.64. The van der Waals surface area contributed by atoms with Crippen molar-refractivity contribution in [2.45, 2.75) is 38.5 Å². The molecule has 0 aromatic heterocycles. The number of nitrogens with zero attached hydrogens (tertiary/aromatic N) is 1. The minimum absolute atomic E-state index is 0.0424. The average Bonchev–Trinajstić information content (AvgIpc) is 2.75. The zero-order valence-electron chi connectivity index (χ0n) is 18.5. The van der Waals surface area contributed by atoms with E-state index in [1.807, 2.05) is 39.0 Å². The Morgan fingerprint density at radius 1 is 1.00 bits per heavy atom. The first-order valence-electron chi connectivity index (χ1n) is 10.2. The fourth-order valence-corrected chi connectivity index (χ4v) is 5.20. The number of aryl methyl sites for hydroxylation is 2. The van der Waals surface area contributed by atoms with Gasteiger partial charge in [-0.15, -0.1) is 0 Å². The van der Waals surface area contributed by atoms with Crippen LogP contribution in [0, 0.1) is 13.8 Å². The van der Waals surface area contributed by atoms with Crippen molar-refractivity contribution in [2.24, 2.45) is 0 Å². The number of benzene rings is 3. The van der Waals surface area contributed by atoms with Gasteiger partial charge < -0.3 is 4.74 Å². The van der Waals surface area contributed by atoms with E-state index in [0.717, 1.165) is 19.9 Å². The van der Waals surface area contributed by atoms with Crippen LogP contribution >= 0.6 is 15.9 Å². The lowest BCUT2D eigenvalue weighted by molar-refractivity contribution is -0.119. The zero-order chi connectivity index (χ0) is 23.5. The van der Waals surface area contributed by atoms with E-state index >= 15 is 0 Å². The lowest BCUT2D eigenvalue weighted by atomic mass is 10.0. The number of carbonyl (C=O) groups excluding carboxylic acids is 1. The molecule has 0 N–H and O–H groups in total. The zero-order valence-corrected chi connectivity index (χ0v) is 20.9. The van der Waals surface area contributed by atoms with E-state index in [0.29, 0.717) is 17.0 Å². The Labute approximate surface area is 198 Å². The van der Waals surface area contributed by atoms with E-state index in [2.05, 4.69) is 15.9 Å². The topological polar surface area (TPSA) is 63.7 Å². The largest absolute Gasteiger partial charge is 0.483 e. The van der Waals surface area contributed by atoms with E-state index in [1.165, 1.54) is 12.1 Å². The molecule has 0 bridgehead atoms. The molecule has 0 unspecified atom stereocenters. The number of halogens is 1. The molecule has 3 aromatic carbocycles. The third kappa shape index (κ3) is 5.22. The van der Waals surface area contributed by atoms with Gasteiger partial charge in [-0.05, 0) is 72.9 Å². The molecule has 0 saturated carbocycles. The van der Waals surface area contributed by atoms with E-state index in [-0.39, 0.29) is 10.8 Å². The summed E-state index contributed by atoms with van der Waals surface area (Å²) in [5, 5.41) is 0. The predicted octanol–water partition coefficient (Wildman–Crippen LogP) is 5.99. The Morgan fingerprint density at radius 3 is 2.34 bits per heavy atom. The molecule has 7 heteroatoms. The maximum absolute atomic E-state index is 13.5. The molecule has 1 amide bonds. The van der Waals surface area contributed by atoms with Crippen LogP contribution < -0.4 is 9.04 Å². The third-order valence-electron chi connectivity index (χ3n) is 5.04. The highest BCUT2D eigenvalue weighted by Gasteiger charge is 2.32. The van der Waals surface area contributed by atoms with E-state index in [4.69, 9.17) is 4.74 Å². The minimum atomic E-state index is -4.13. The van der Waals surface area contributed by atoms with Gasteiger partial charge >= 0.3 is 0 Å². The van der Waals surface area contributed by atoms with E-state index in [1.54, 1.807) is 43.3 Å². The maximum Gasteiger partial charge on any atom is 0.278 e. The van der Waals surface area contributed by atoms with Crippen molar-refractivity contribution in [3.8, 4) is 5.75 Å². The molecule has 0 radical (unpaired) electrons. The number of amides is 1. The first-order valence-corrected chi connectivity index (χ1v) is 12.5. The molecule has 0 aliphatic carbocycles. The summed E-state index contributed by atoms with van der Waals surface area (Å²) >= 11 is 3.46. The summed E-state index contributed by atoms with van der Waals surface area (Å²) in [6.45, 7) is 7.27. The summed E-state index contributed by atoms with van der Waals surface area (Å²) in [4.78, 5) is 13.4. The van der Waals surface area contributed by atoms with Crippen LogP contribution in [0.3, 0.4) is 0 Å². The second-order valence-electron chi connectivity index (χ2n) is 7.89. The molecule has 0 heterocycles. The first-order chi connectivity index (χ1) is 15.1. The van der Waals surface area contributed by atoms with Crippen molar-refractivity contribution in [1.82, 2.24) is 0 Å². The van der Waals surface area contributed by atoms with Crippen molar-refractivity contribution in [3.05, 3.63) is 87.9 Å². The number of anilines is 1. The summed E-state index contributed by atoms with van der Waals surface area (Å²) in [5.41, 5.74) is 2.77. The Kier molecular flexibility index (Phi) is 7.41. The number of rotatable bonds is 7. The quantitative estimate of drug-likeness (QED) is 0.387. The van der Waals surface area contributed by atoms with Gasteiger partial charge in [-0.2, -0.15) is 4.31 Å². The van der Waals surface area contributed by atoms with Gasteiger partial charge in [0, 0.05) is 4.47 Å². The molecule has 0 spiro atoms. The van der Waals surface area contributed by atoms with Gasteiger partial charge in [0.05, 0.1) is 10.6 Å². The highest BCUT2D eigenvalue weighted by molar-refractivity contribution is 9.10. The van der Waals surface area contributed by atoms with Crippen LogP contribution in [0.15, 0.2) is 76.1 Å². The van der Waals surface area contributed by atoms with E-state index < -0.39 is 22.5 Å². The third-order valence-corrected chi connectivity index (χ3v) is 7.28. The predicted molar refractivity (Wildman–Crippen MR) is 131 cm³/mol. The van der Waals surface area contributed by atoms with Gasteiger partial charge in [0.1, 0.15) is 5.75 Å². The summed E-state index contributed by atoms with van der Waals surface area (Å²) in [7, 11) is -4.13. The van der Waals surface area contributed by atoms with Gasteiger partial charge in [-0.1, -0.05) is 60.1 Å². The van der Waals surface area contributed by atoms with Crippen LogP contribution in [-0.4, -0.2) is 20.9 Å². The summed E-state index contributed by atoms with van der Waals surface area (Å²) in [6.07, 6.45) is 0. The molecule has 32 heavy (non-hydrogen) atoms. The number of hydrogen-bond donors (Lipinski definition) is 0. The molecule has 0 saturated heterocycles. The van der Waals surface area contributed by atoms with Crippen LogP contribution in [0.4, 0.5) is 5.69 Å². The molecule has 0 fully saturated rings. The molecule has 0 atom stereocenters. The summed E-state index contributed by atoms with van der Waals surface area (Å²) < 4.78 is 34.6. The van der Waals surface area contributed by atoms with Crippen LogP contribution in [0.25, 0.3) is 0 Å². The molecular weight excluding hydrogens is 490 g/mol. The highest BCUT2D eigenvalue weighted by atomic mass is 79.9. The molecular formula is C25H26BrNO4S. The average molecular weight is 516 g/mol. The maximum atomic E-state index is 13.5. The Morgan fingerprint density at radius 2 is 1.69 bits per heavy atom. The van der Waals surface area contributed by atoms with Gasteiger partial charge in [-0.3, -0.25) is 4.79 Å². The molecule has 168 valence electrons.